The first-order valence-corrected chi connectivity index (χ1v) is 6.05. The first kappa shape index (κ1) is 12.2. The van der Waals surface area contributed by atoms with E-state index in [4.69, 9.17) is 0 Å². The molecule has 0 aliphatic heterocycles. The quantitative estimate of drug-likeness (QED) is 0.862. The van der Waals surface area contributed by atoms with Crippen molar-refractivity contribution in [3.8, 4) is 0 Å². The average molecular weight is 235 g/mol. The Morgan fingerprint density at radius 1 is 1.00 bits per heavy atom. The number of hydrogen-bond donors (Lipinski definition) is 1. The van der Waals surface area contributed by atoms with Crippen LogP contribution in [0.2, 0.25) is 0 Å². The van der Waals surface area contributed by atoms with Gasteiger partial charge < -0.3 is 5.32 Å². The predicted molar refractivity (Wildman–Crippen MR) is 79.5 cm³/mol. The van der Waals surface area contributed by atoms with Crippen LogP contribution in [0.4, 0.5) is 5.69 Å². The van der Waals surface area contributed by atoms with E-state index >= 15 is 0 Å². The normalized spacial score (nSPS) is 13.1. The molecule has 0 radical (unpaired) electrons. The van der Waals surface area contributed by atoms with E-state index in [2.05, 4.69) is 30.1 Å². The Bertz CT molecular complexity index is 639. The van der Waals surface area contributed by atoms with Gasteiger partial charge in [-0.05, 0) is 30.4 Å². The third-order valence-electron chi connectivity index (χ3n) is 2.82. The SMILES string of the molecule is C=C/C(Nc1ccccc1)=c1/cccc/c1=C/C. The topological polar surface area (TPSA) is 12.0 Å². The van der Waals surface area contributed by atoms with E-state index in [-0.39, 0.29) is 0 Å². The van der Waals surface area contributed by atoms with Crippen LogP contribution in [0.5, 0.6) is 0 Å². The Morgan fingerprint density at radius 2 is 1.67 bits per heavy atom. The van der Waals surface area contributed by atoms with Crippen molar-refractivity contribution in [2.75, 3.05) is 5.32 Å². The van der Waals surface area contributed by atoms with Crippen LogP contribution in [0, 0.1) is 0 Å². The van der Waals surface area contributed by atoms with Crippen LogP contribution in [0.3, 0.4) is 0 Å². The minimum atomic E-state index is 1.02. The predicted octanol–water partition coefficient (Wildman–Crippen LogP) is 2.89. The Kier molecular flexibility index (Phi) is 3.98. The number of nitrogens with one attached hydrogen (secondary N) is 1. The first-order chi connectivity index (χ1) is 8.85. The zero-order valence-electron chi connectivity index (χ0n) is 10.6. The Balaban J connectivity index is 2.55. The lowest BCUT2D eigenvalue weighted by Crippen LogP contribution is -2.28. The van der Waals surface area contributed by atoms with Gasteiger partial charge in [0.05, 0.1) is 0 Å². The van der Waals surface area contributed by atoms with E-state index in [1.54, 1.807) is 0 Å². The summed E-state index contributed by atoms with van der Waals surface area (Å²) >= 11 is 0. The fourth-order valence-corrected chi connectivity index (χ4v) is 1.90. The van der Waals surface area contributed by atoms with Crippen LogP contribution in [0.1, 0.15) is 6.92 Å². The fraction of sp³-hybridized carbons (Fsp3) is 0.0588. The molecule has 1 nitrogen and oxygen atoms in total. The monoisotopic (exact) mass is 235 g/mol. The smallest absolute Gasteiger partial charge is 0.0457 e. The second-order valence-electron chi connectivity index (χ2n) is 3.98. The number of rotatable bonds is 3. The molecule has 2 rings (SSSR count). The van der Waals surface area contributed by atoms with Crippen LogP contribution in [0.15, 0.2) is 67.3 Å². The average Bonchev–Trinajstić information content (AvgIpc) is 2.46. The highest BCUT2D eigenvalue weighted by molar-refractivity contribution is 5.70. The van der Waals surface area contributed by atoms with Gasteiger partial charge in [0.2, 0.25) is 0 Å². The molecule has 0 aromatic heterocycles. The Morgan fingerprint density at radius 3 is 2.33 bits per heavy atom. The molecule has 2 aromatic carbocycles. The molecule has 0 heterocycles. The molecule has 0 amide bonds. The lowest BCUT2D eigenvalue weighted by Gasteiger charge is -2.07. The zero-order chi connectivity index (χ0) is 12.8. The maximum Gasteiger partial charge on any atom is 0.0457 e. The summed E-state index contributed by atoms with van der Waals surface area (Å²) < 4.78 is 0. The summed E-state index contributed by atoms with van der Waals surface area (Å²) in [6.07, 6.45) is 3.96. The summed E-state index contributed by atoms with van der Waals surface area (Å²) in [6, 6.07) is 18.4. The first-order valence-electron chi connectivity index (χ1n) is 6.05. The molecule has 0 saturated heterocycles. The molecule has 1 heteroatoms. The van der Waals surface area contributed by atoms with Crippen LogP contribution in [-0.4, -0.2) is 0 Å². The lowest BCUT2D eigenvalue weighted by molar-refractivity contribution is 1.46. The van der Waals surface area contributed by atoms with Crippen molar-refractivity contribution in [1.29, 1.82) is 0 Å². The van der Waals surface area contributed by atoms with Gasteiger partial charge in [0.1, 0.15) is 0 Å². The van der Waals surface area contributed by atoms with Gasteiger partial charge in [0, 0.05) is 16.6 Å². The fourth-order valence-electron chi connectivity index (χ4n) is 1.90. The second-order valence-corrected chi connectivity index (χ2v) is 3.98. The molecule has 2 aromatic rings. The Hall–Kier alpha value is -2.28. The van der Waals surface area contributed by atoms with Gasteiger partial charge in [0.15, 0.2) is 0 Å². The van der Waals surface area contributed by atoms with Crippen molar-refractivity contribution in [2.45, 2.75) is 6.92 Å². The molecule has 0 aliphatic rings. The van der Waals surface area contributed by atoms with Crippen molar-refractivity contribution in [3.63, 3.8) is 0 Å². The molecular weight excluding hydrogens is 218 g/mol. The molecule has 0 bridgehead atoms. The molecule has 0 aliphatic carbocycles. The molecule has 90 valence electrons. The molecule has 0 spiro atoms. The van der Waals surface area contributed by atoms with Crippen molar-refractivity contribution in [3.05, 3.63) is 77.7 Å². The van der Waals surface area contributed by atoms with Gasteiger partial charge in [-0.1, -0.05) is 55.1 Å². The van der Waals surface area contributed by atoms with E-state index in [9.17, 15) is 0 Å². The van der Waals surface area contributed by atoms with E-state index in [0.29, 0.717) is 0 Å². The zero-order valence-corrected chi connectivity index (χ0v) is 10.6. The summed E-state index contributed by atoms with van der Waals surface area (Å²) in [7, 11) is 0. The van der Waals surface area contributed by atoms with Gasteiger partial charge >= 0.3 is 0 Å². The number of benzene rings is 2. The minimum absolute atomic E-state index is 1.02. The molecule has 18 heavy (non-hydrogen) atoms. The maximum atomic E-state index is 3.90. The third kappa shape index (κ3) is 2.69. The summed E-state index contributed by atoms with van der Waals surface area (Å²) in [6.45, 7) is 5.94. The lowest BCUT2D eigenvalue weighted by atomic mass is 10.2. The molecular formula is C17H17N. The minimum Gasteiger partial charge on any atom is -0.355 e. The Labute approximate surface area is 108 Å². The molecule has 0 unspecified atom stereocenters. The van der Waals surface area contributed by atoms with E-state index in [1.165, 1.54) is 10.4 Å². The molecule has 0 saturated carbocycles. The van der Waals surface area contributed by atoms with Crippen molar-refractivity contribution >= 4 is 17.5 Å². The van der Waals surface area contributed by atoms with E-state index in [1.807, 2.05) is 55.5 Å². The number of anilines is 1. The van der Waals surface area contributed by atoms with Crippen molar-refractivity contribution in [1.82, 2.24) is 0 Å². The summed E-state index contributed by atoms with van der Waals surface area (Å²) in [5, 5.41) is 5.77. The maximum absolute atomic E-state index is 3.90. The van der Waals surface area contributed by atoms with Gasteiger partial charge in [-0.25, -0.2) is 0 Å². The van der Waals surface area contributed by atoms with Crippen LogP contribution < -0.4 is 15.8 Å². The second kappa shape index (κ2) is 5.87. The highest BCUT2D eigenvalue weighted by Gasteiger charge is 1.95. The number of hydrogen-bond acceptors (Lipinski definition) is 1. The molecule has 1 N–H and O–H groups in total. The van der Waals surface area contributed by atoms with E-state index < -0.39 is 0 Å². The molecule has 0 atom stereocenters. The molecule has 0 fully saturated rings. The highest BCUT2D eigenvalue weighted by Crippen LogP contribution is 2.08. The summed E-state index contributed by atoms with van der Waals surface area (Å²) in [4.78, 5) is 0. The van der Waals surface area contributed by atoms with E-state index in [0.717, 1.165) is 11.4 Å². The summed E-state index contributed by atoms with van der Waals surface area (Å²) in [5.74, 6) is 0. The van der Waals surface area contributed by atoms with Gasteiger partial charge in [-0.2, -0.15) is 0 Å². The summed E-state index contributed by atoms with van der Waals surface area (Å²) in [5.41, 5.74) is 2.09. The van der Waals surface area contributed by atoms with Crippen LogP contribution in [-0.2, 0) is 0 Å². The number of para-hydroxylation sites is 1. The van der Waals surface area contributed by atoms with Crippen molar-refractivity contribution < 1.29 is 0 Å². The van der Waals surface area contributed by atoms with Crippen LogP contribution >= 0.6 is 0 Å². The van der Waals surface area contributed by atoms with Gasteiger partial charge in [-0.15, -0.1) is 0 Å². The largest absolute Gasteiger partial charge is 0.355 e. The van der Waals surface area contributed by atoms with Gasteiger partial charge in [-0.3, -0.25) is 0 Å². The standard InChI is InChI=1S/C17H17N/c1-3-14-10-8-9-13-16(14)17(4-2)18-15-11-6-5-7-12-15/h3-13,18H,2H2,1H3/b14-3-,17-16+. The highest BCUT2D eigenvalue weighted by atomic mass is 14.9. The van der Waals surface area contributed by atoms with Crippen molar-refractivity contribution in [2.24, 2.45) is 0 Å². The van der Waals surface area contributed by atoms with Gasteiger partial charge in [0.25, 0.3) is 0 Å². The third-order valence-corrected chi connectivity index (χ3v) is 2.82. The van der Waals surface area contributed by atoms with Crippen LogP contribution in [0.25, 0.3) is 11.8 Å².